The number of benzene rings is 1. The lowest BCUT2D eigenvalue weighted by Crippen LogP contribution is -1.97. The summed E-state index contributed by atoms with van der Waals surface area (Å²) >= 11 is 0. The van der Waals surface area contributed by atoms with Crippen molar-refractivity contribution in [1.82, 2.24) is 0 Å². The molecule has 0 aliphatic heterocycles. The zero-order valence-corrected chi connectivity index (χ0v) is 11.8. The van der Waals surface area contributed by atoms with Crippen molar-refractivity contribution in [2.75, 3.05) is 14.2 Å². The van der Waals surface area contributed by atoms with E-state index < -0.39 is 0 Å². The first-order chi connectivity index (χ1) is 9.22. The fourth-order valence-corrected chi connectivity index (χ4v) is 1.66. The van der Waals surface area contributed by atoms with E-state index in [0.717, 1.165) is 25.7 Å². The summed E-state index contributed by atoms with van der Waals surface area (Å²) in [5.41, 5.74) is 0.528. The fourth-order valence-electron chi connectivity index (χ4n) is 1.66. The molecule has 1 aromatic rings. The molecule has 0 aliphatic carbocycles. The molecule has 0 aromatic heterocycles. The Bertz CT molecular complexity index is 481. The van der Waals surface area contributed by atoms with Gasteiger partial charge in [-0.25, -0.2) is 0 Å². The summed E-state index contributed by atoms with van der Waals surface area (Å²) in [5.74, 6) is 6.54. The van der Waals surface area contributed by atoms with Crippen molar-refractivity contribution in [2.45, 2.75) is 32.6 Å². The molecule has 0 amide bonds. The first-order valence-electron chi connectivity index (χ1n) is 6.48. The van der Waals surface area contributed by atoms with Gasteiger partial charge in [-0.2, -0.15) is 0 Å². The van der Waals surface area contributed by atoms with Crippen LogP contribution in [0.5, 0.6) is 11.5 Å². The van der Waals surface area contributed by atoms with Gasteiger partial charge in [0.1, 0.15) is 0 Å². The average molecular weight is 260 g/mol. The SMILES string of the molecule is CCCCCC#CC(=O)c1ccc(OC)c(OC)c1. The van der Waals surface area contributed by atoms with Crippen molar-refractivity contribution in [2.24, 2.45) is 0 Å². The molecule has 3 heteroatoms. The van der Waals surface area contributed by atoms with Gasteiger partial charge in [0.25, 0.3) is 0 Å². The molecule has 0 spiro atoms. The summed E-state index contributed by atoms with van der Waals surface area (Å²) in [4.78, 5) is 11.9. The Balaban J connectivity index is 2.71. The summed E-state index contributed by atoms with van der Waals surface area (Å²) in [6.07, 6.45) is 4.13. The third kappa shape index (κ3) is 4.67. The zero-order chi connectivity index (χ0) is 14.1. The van der Waals surface area contributed by atoms with Gasteiger partial charge in [-0.3, -0.25) is 4.79 Å². The molecular weight excluding hydrogens is 240 g/mol. The van der Waals surface area contributed by atoms with Gasteiger partial charge in [0.05, 0.1) is 14.2 Å². The number of ether oxygens (including phenoxy) is 2. The molecule has 0 saturated carbocycles. The van der Waals surface area contributed by atoms with Gasteiger partial charge in [-0.1, -0.05) is 25.7 Å². The van der Waals surface area contributed by atoms with Gasteiger partial charge in [-0.15, -0.1) is 0 Å². The van der Waals surface area contributed by atoms with Crippen molar-refractivity contribution in [3.8, 4) is 23.3 Å². The first-order valence-corrected chi connectivity index (χ1v) is 6.48. The normalized spacial score (nSPS) is 9.42. The summed E-state index contributed by atoms with van der Waals surface area (Å²) < 4.78 is 10.3. The summed E-state index contributed by atoms with van der Waals surface area (Å²) in [5, 5.41) is 0. The second-order valence-corrected chi connectivity index (χ2v) is 4.16. The molecule has 0 unspecified atom stereocenters. The number of rotatable bonds is 6. The highest BCUT2D eigenvalue weighted by Gasteiger charge is 2.08. The number of carbonyl (C=O) groups excluding carboxylic acids is 1. The largest absolute Gasteiger partial charge is 0.493 e. The van der Waals surface area contributed by atoms with E-state index in [1.54, 1.807) is 32.4 Å². The lowest BCUT2D eigenvalue weighted by atomic mass is 10.1. The smallest absolute Gasteiger partial charge is 0.236 e. The van der Waals surface area contributed by atoms with E-state index in [9.17, 15) is 4.79 Å². The molecule has 0 heterocycles. The maximum atomic E-state index is 11.9. The standard InChI is InChI=1S/C16H20O3/c1-4-5-6-7-8-9-14(17)13-10-11-15(18-2)16(12-13)19-3/h10-12H,4-7H2,1-3H3. The van der Waals surface area contributed by atoms with Crippen molar-refractivity contribution < 1.29 is 14.3 Å². The van der Waals surface area contributed by atoms with E-state index in [4.69, 9.17) is 9.47 Å². The molecule has 3 nitrogen and oxygen atoms in total. The van der Waals surface area contributed by atoms with Crippen LogP contribution in [0.2, 0.25) is 0 Å². The Morgan fingerprint density at radius 3 is 2.53 bits per heavy atom. The molecule has 0 saturated heterocycles. The van der Waals surface area contributed by atoms with Crippen molar-refractivity contribution >= 4 is 5.78 Å². The Morgan fingerprint density at radius 1 is 1.16 bits per heavy atom. The van der Waals surface area contributed by atoms with Crippen LogP contribution in [0, 0.1) is 11.8 Å². The van der Waals surface area contributed by atoms with Crippen LogP contribution in [-0.2, 0) is 0 Å². The van der Waals surface area contributed by atoms with E-state index in [0.29, 0.717) is 17.1 Å². The lowest BCUT2D eigenvalue weighted by Gasteiger charge is -2.07. The summed E-state index contributed by atoms with van der Waals surface area (Å²) in [6.45, 7) is 2.14. The third-order valence-corrected chi connectivity index (χ3v) is 2.75. The average Bonchev–Trinajstić information content (AvgIpc) is 2.46. The molecule has 19 heavy (non-hydrogen) atoms. The monoisotopic (exact) mass is 260 g/mol. The number of hydrogen-bond acceptors (Lipinski definition) is 3. The topological polar surface area (TPSA) is 35.5 Å². The Hall–Kier alpha value is -1.95. The summed E-state index contributed by atoms with van der Waals surface area (Å²) in [7, 11) is 3.11. The quantitative estimate of drug-likeness (QED) is 0.340. The third-order valence-electron chi connectivity index (χ3n) is 2.75. The van der Waals surface area contributed by atoms with Crippen LogP contribution < -0.4 is 9.47 Å². The maximum absolute atomic E-state index is 11.9. The first kappa shape index (κ1) is 15.1. The number of unbranched alkanes of at least 4 members (excludes halogenated alkanes) is 3. The van der Waals surface area contributed by atoms with Gasteiger partial charge in [0.2, 0.25) is 5.78 Å². The van der Waals surface area contributed by atoms with Crippen LogP contribution in [0.4, 0.5) is 0 Å². The van der Waals surface area contributed by atoms with Crippen LogP contribution in [0.15, 0.2) is 18.2 Å². The summed E-state index contributed by atoms with van der Waals surface area (Å²) in [6, 6.07) is 5.07. The minimum absolute atomic E-state index is 0.183. The molecule has 0 bridgehead atoms. The minimum Gasteiger partial charge on any atom is -0.493 e. The van der Waals surface area contributed by atoms with E-state index in [1.165, 1.54) is 0 Å². The lowest BCUT2D eigenvalue weighted by molar-refractivity contribution is 0.105. The van der Waals surface area contributed by atoms with Crippen LogP contribution in [0.1, 0.15) is 43.0 Å². The van der Waals surface area contributed by atoms with Crippen molar-refractivity contribution in [3.63, 3.8) is 0 Å². The van der Waals surface area contributed by atoms with Gasteiger partial charge in [0, 0.05) is 12.0 Å². The van der Waals surface area contributed by atoms with Gasteiger partial charge < -0.3 is 9.47 Å². The van der Waals surface area contributed by atoms with Crippen molar-refractivity contribution in [3.05, 3.63) is 23.8 Å². The van der Waals surface area contributed by atoms with Gasteiger partial charge in [0.15, 0.2) is 11.5 Å². The predicted molar refractivity (Wildman–Crippen MR) is 75.8 cm³/mol. The van der Waals surface area contributed by atoms with Crippen LogP contribution in [-0.4, -0.2) is 20.0 Å². The Kier molecular flexibility index (Phi) is 6.52. The molecule has 0 aliphatic rings. The van der Waals surface area contributed by atoms with Gasteiger partial charge >= 0.3 is 0 Å². The van der Waals surface area contributed by atoms with E-state index >= 15 is 0 Å². The highest BCUT2D eigenvalue weighted by atomic mass is 16.5. The predicted octanol–water partition coefficient (Wildman–Crippen LogP) is 3.47. The van der Waals surface area contributed by atoms with E-state index in [1.807, 2.05) is 0 Å². The van der Waals surface area contributed by atoms with Crippen molar-refractivity contribution in [1.29, 1.82) is 0 Å². The van der Waals surface area contributed by atoms with Crippen LogP contribution >= 0.6 is 0 Å². The minimum atomic E-state index is -0.183. The second kappa shape index (κ2) is 8.20. The molecule has 1 rings (SSSR count). The fraction of sp³-hybridized carbons (Fsp3) is 0.438. The van der Waals surface area contributed by atoms with E-state index in [-0.39, 0.29) is 5.78 Å². The zero-order valence-electron chi connectivity index (χ0n) is 11.8. The van der Waals surface area contributed by atoms with Gasteiger partial charge in [-0.05, 0) is 30.5 Å². The molecule has 102 valence electrons. The Morgan fingerprint density at radius 2 is 1.89 bits per heavy atom. The molecule has 1 aromatic carbocycles. The van der Waals surface area contributed by atoms with Crippen LogP contribution in [0.25, 0.3) is 0 Å². The molecule has 0 atom stereocenters. The van der Waals surface area contributed by atoms with Crippen LogP contribution in [0.3, 0.4) is 0 Å². The number of ketones is 1. The number of Topliss-reactive ketones (excluding diaryl/α,β-unsaturated/α-hetero) is 1. The highest BCUT2D eigenvalue weighted by molar-refractivity contribution is 6.09. The molecule has 0 N–H and O–H groups in total. The maximum Gasteiger partial charge on any atom is 0.236 e. The highest BCUT2D eigenvalue weighted by Crippen LogP contribution is 2.27. The Labute approximate surface area is 114 Å². The molecule has 0 fully saturated rings. The number of carbonyl (C=O) groups is 1. The second-order valence-electron chi connectivity index (χ2n) is 4.16. The van der Waals surface area contributed by atoms with E-state index in [2.05, 4.69) is 18.8 Å². The molecule has 0 radical (unpaired) electrons. The number of methoxy groups -OCH3 is 2. The number of hydrogen-bond donors (Lipinski definition) is 0. The molecular formula is C16H20O3.